The van der Waals surface area contributed by atoms with E-state index in [1.165, 1.54) is 0 Å². The maximum Gasteiger partial charge on any atom is 0.165 e. The number of aromatic nitrogens is 3. The zero-order valence-electron chi connectivity index (χ0n) is 19.6. The number of halogens is 1. The number of hydrogen-bond donors (Lipinski definition) is 1. The quantitative estimate of drug-likeness (QED) is 0.362. The second kappa shape index (κ2) is 9.32. The van der Waals surface area contributed by atoms with E-state index in [4.69, 9.17) is 26.1 Å². The highest BCUT2D eigenvalue weighted by Crippen LogP contribution is 2.31. The third-order valence-corrected chi connectivity index (χ3v) is 5.82. The number of nitrogens with zero attached hydrogens (tertiary/aromatic N) is 3. The van der Waals surface area contributed by atoms with E-state index in [2.05, 4.69) is 43.3 Å². The fourth-order valence-electron chi connectivity index (χ4n) is 3.68. The molecule has 4 rings (SSSR count). The van der Waals surface area contributed by atoms with Crippen LogP contribution < -0.4 is 14.8 Å². The van der Waals surface area contributed by atoms with E-state index in [0.29, 0.717) is 5.02 Å². The lowest BCUT2D eigenvalue weighted by atomic mass is 9.92. The summed E-state index contributed by atoms with van der Waals surface area (Å²) in [4.78, 5) is 4.97. The van der Waals surface area contributed by atoms with Crippen molar-refractivity contribution in [3.8, 4) is 22.6 Å². The van der Waals surface area contributed by atoms with Crippen LogP contribution in [-0.4, -0.2) is 35.4 Å². The highest BCUT2D eigenvalue weighted by atomic mass is 35.5. The van der Waals surface area contributed by atoms with Gasteiger partial charge in [0.1, 0.15) is 5.82 Å². The smallest absolute Gasteiger partial charge is 0.165 e. The maximum absolute atomic E-state index is 6.08. The molecule has 0 radical (unpaired) electrons. The van der Waals surface area contributed by atoms with Gasteiger partial charge >= 0.3 is 0 Å². The second-order valence-corrected chi connectivity index (χ2v) is 9.38. The molecular weight excluding hydrogens is 436 g/mol. The highest BCUT2D eigenvalue weighted by Gasteiger charge is 2.20. The van der Waals surface area contributed by atoms with Gasteiger partial charge in [-0.3, -0.25) is 0 Å². The number of rotatable bonds is 7. The number of methoxy groups -OCH3 is 2. The standard InChI is InChI=1S/C26H29ClN4O2/c1-26(2,3)23-15-24(28-13-12-17-6-11-21(32-4)22(14-17)33-5)31-25(30-23)20(16-29-31)18-7-9-19(27)10-8-18/h6-11,14-16,28H,12-13H2,1-5H3. The summed E-state index contributed by atoms with van der Waals surface area (Å²) in [5.41, 5.74) is 4.87. The van der Waals surface area contributed by atoms with Crippen molar-refractivity contribution in [2.24, 2.45) is 0 Å². The van der Waals surface area contributed by atoms with Crippen molar-refractivity contribution in [3.05, 3.63) is 71.0 Å². The molecule has 0 fully saturated rings. The summed E-state index contributed by atoms with van der Waals surface area (Å²) in [5.74, 6) is 2.37. The molecule has 2 aromatic heterocycles. The van der Waals surface area contributed by atoms with Crippen LogP contribution >= 0.6 is 11.6 Å². The van der Waals surface area contributed by atoms with Gasteiger partial charge in [-0.25, -0.2) is 4.98 Å². The third-order valence-electron chi connectivity index (χ3n) is 5.56. The number of ether oxygens (including phenoxy) is 2. The predicted octanol–water partition coefficient (Wildman–Crippen LogP) is 6.02. The van der Waals surface area contributed by atoms with Crippen molar-refractivity contribution >= 4 is 23.1 Å². The van der Waals surface area contributed by atoms with Crippen LogP contribution in [0.5, 0.6) is 11.5 Å². The van der Waals surface area contributed by atoms with Gasteiger partial charge in [0.25, 0.3) is 0 Å². The van der Waals surface area contributed by atoms with Gasteiger partial charge in [-0.15, -0.1) is 0 Å². The molecule has 0 amide bonds. The minimum Gasteiger partial charge on any atom is -0.493 e. The molecule has 6 nitrogen and oxygen atoms in total. The Hall–Kier alpha value is -3.25. The summed E-state index contributed by atoms with van der Waals surface area (Å²) in [7, 11) is 3.29. The fraction of sp³-hybridized carbons (Fsp3) is 0.308. The van der Waals surface area contributed by atoms with Crippen LogP contribution in [0, 0.1) is 0 Å². The van der Waals surface area contributed by atoms with Crippen LogP contribution in [0.25, 0.3) is 16.8 Å². The Morgan fingerprint density at radius 1 is 0.970 bits per heavy atom. The maximum atomic E-state index is 6.08. The van der Waals surface area contributed by atoms with E-state index >= 15 is 0 Å². The molecule has 0 atom stereocenters. The van der Waals surface area contributed by atoms with Crippen LogP contribution in [0.1, 0.15) is 32.0 Å². The Kier molecular flexibility index (Phi) is 6.47. The van der Waals surface area contributed by atoms with E-state index in [1.54, 1.807) is 14.2 Å². The minimum atomic E-state index is -0.108. The molecule has 2 heterocycles. The van der Waals surface area contributed by atoms with Crippen molar-refractivity contribution in [2.45, 2.75) is 32.6 Å². The van der Waals surface area contributed by atoms with E-state index in [9.17, 15) is 0 Å². The van der Waals surface area contributed by atoms with Gasteiger partial charge in [0.2, 0.25) is 0 Å². The van der Waals surface area contributed by atoms with Crippen molar-refractivity contribution in [1.29, 1.82) is 0 Å². The average molecular weight is 465 g/mol. The molecule has 0 aliphatic rings. The van der Waals surface area contributed by atoms with Crippen LogP contribution in [0.3, 0.4) is 0 Å². The first kappa shape index (κ1) is 22.9. The lowest BCUT2D eigenvalue weighted by molar-refractivity contribution is 0.354. The molecule has 2 aromatic carbocycles. The summed E-state index contributed by atoms with van der Waals surface area (Å²) >= 11 is 6.08. The van der Waals surface area contributed by atoms with Crippen molar-refractivity contribution in [2.75, 3.05) is 26.1 Å². The topological polar surface area (TPSA) is 60.7 Å². The summed E-state index contributed by atoms with van der Waals surface area (Å²) in [6.07, 6.45) is 2.68. The second-order valence-electron chi connectivity index (χ2n) is 8.94. The highest BCUT2D eigenvalue weighted by molar-refractivity contribution is 6.30. The first-order chi connectivity index (χ1) is 15.8. The molecule has 33 heavy (non-hydrogen) atoms. The van der Waals surface area contributed by atoms with Gasteiger partial charge in [0.05, 0.1) is 26.1 Å². The molecule has 0 aliphatic heterocycles. The Labute approximate surface area is 199 Å². The van der Waals surface area contributed by atoms with Crippen molar-refractivity contribution < 1.29 is 9.47 Å². The molecule has 0 unspecified atom stereocenters. The number of hydrogen-bond acceptors (Lipinski definition) is 5. The minimum absolute atomic E-state index is 0.108. The largest absolute Gasteiger partial charge is 0.493 e. The van der Waals surface area contributed by atoms with Gasteiger partial charge < -0.3 is 14.8 Å². The molecule has 0 aliphatic carbocycles. The van der Waals surface area contributed by atoms with Gasteiger partial charge in [-0.1, -0.05) is 50.6 Å². The zero-order chi connectivity index (χ0) is 23.6. The first-order valence-corrected chi connectivity index (χ1v) is 11.3. The number of fused-ring (bicyclic) bond motifs is 1. The summed E-state index contributed by atoms with van der Waals surface area (Å²) in [5, 5.41) is 8.90. The van der Waals surface area contributed by atoms with Crippen LogP contribution in [0.15, 0.2) is 54.7 Å². The molecular formula is C26H29ClN4O2. The lowest BCUT2D eigenvalue weighted by Crippen LogP contribution is -2.17. The molecule has 172 valence electrons. The molecule has 0 bridgehead atoms. The first-order valence-electron chi connectivity index (χ1n) is 10.9. The van der Waals surface area contributed by atoms with Gasteiger partial charge in [-0.2, -0.15) is 9.61 Å². The summed E-state index contributed by atoms with van der Waals surface area (Å²) in [6.45, 7) is 7.22. The summed E-state index contributed by atoms with van der Waals surface area (Å²) in [6, 6.07) is 15.8. The van der Waals surface area contributed by atoms with E-state index in [0.717, 1.165) is 58.3 Å². The normalized spacial score (nSPS) is 11.6. The van der Waals surface area contributed by atoms with Gasteiger partial charge in [0.15, 0.2) is 17.1 Å². The van der Waals surface area contributed by atoms with Crippen molar-refractivity contribution in [3.63, 3.8) is 0 Å². The Bertz CT molecular complexity index is 1260. The molecule has 0 spiro atoms. The molecule has 1 N–H and O–H groups in total. The fourth-order valence-corrected chi connectivity index (χ4v) is 3.80. The Morgan fingerprint density at radius 2 is 1.70 bits per heavy atom. The van der Waals surface area contributed by atoms with Crippen LogP contribution in [0.4, 0.5) is 5.82 Å². The average Bonchev–Trinajstić information content (AvgIpc) is 3.23. The van der Waals surface area contributed by atoms with Crippen LogP contribution in [-0.2, 0) is 11.8 Å². The number of nitrogens with one attached hydrogen (secondary N) is 1. The van der Waals surface area contributed by atoms with Gasteiger partial charge in [0, 0.05) is 28.6 Å². The van der Waals surface area contributed by atoms with Crippen molar-refractivity contribution in [1.82, 2.24) is 14.6 Å². The number of benzene rings is 2. The zero-order valence-corrected chi connectivity index (χ0v) is 20.4. The SMILES string of the molecule is COc1ccc(CCNc2cc(C(C)(C)C)nc3c(-c4ccc(Cl)cc4)cnn23)cc1OC. The molecule has 4 aromatic rings. The predicted molar refractivity (Wildman–Crippen MR) is 134 cm³/mol. The lowest BCUT2D eigenvalue weighted by Gasteiger charge is -2.20. The van der Waals surface area contributed by atoms with Gasteiger partial charge in [-0.05, 0) is 41.8 Å². The molecule has 0 saturated heterocycles. The van der Waals surface area contributed by atoms with E-state index in [1.807, 2.05) is 47.1 Å². The molecule has 0 saturated carbocycles. The Morgan fingerprint density at radius 3 is 2.36 bits per heavy atom. The molecule has 7 heteroatoms. The Balaban J connectivity index is 1.65. The monoisotopic (exact) mass is 464 g/mol. The summed E-state index contributed by atoms with van der Waals surface area (Å²) < 4.78 is 12.6. The third kappa shape index (κ3) is 4.91. The van der Waals surface area contributed by atoms with E-state index in [-0.39, 0.29) is 5.41 Å². The van der Waals surface area contributed by atoms with Crippen LogP contribution in [0.2, 0.25) is 5.02 Å². The number of anilines is 1. The van der Waals surface area contributed by atoms with E-state index < -0.39 is 0 Å².